The number of rotatable bonds is 8. The molecule has 1 N–H and O–H groups in total. The van der Waals surface area contributed by atoms with Crippen molar-refractivity contribution < 1.29 is 14.5 Å². The van der Waals surface area contributed by atoms with Crippen LogP contribution >= 0.6 is 11.3 Å². The van der Waals surface area contributed by atoms with Crippen LogP contribution in [0.4, 0.5) is 16.0 Å². The number of nitrogens with zero attached hydrogens (tertiary/aromatic N) is 5. The predicted octanol–water partition coefficient (Wildman–Crippen LogP) is 4.17. The first-order valence-electron chi connectivity index (χ1n) is 10.5. The van der Waals surface area contributed by atoms with Crippen LogP contribution in [0.3, 0.4) is 0 Å². The van der Waals surface area contributed by atoms with Crippen LogP contribution in [-0.4, -0.2) is 34.1 Å². The van der Waals surface area contributed by atoms with E-state index in [1.54, 1.807) is 42.5 Å². The number of ether oxygens (including phenoxy) is 1. The molecule has 34 heavy (non-hydrogen) atoms. The number of carbonyl (C=O) groups is 1. The molecule has 0 radical (unpaired) electrons. The van der Waals surface area contributed by atoms with E-state index in [1.165, 1.54) is 23.5 Å². The van der Waals surface area contributed by atoms with Crippen molar-refractivity contribution in [2.75, 3.05) is 23.3 Å². The molecule has 1 aliphatic heterocycles. The van der Waals surface area contributed by atoms with Gasteiger partial charge in [0.1, 0.15) is 24.0 Å². The number of benzene rings is 2. The molecular formula is C23H20N6O4S. The van der Waals surface area contributed by atoms with Gasteiger partial charge in [0.25, 0.3) is 11.6 Å². The monoisotopic (exact) mass is 476 g/mol. The van der Waals surface area contributed by atoms with Crippen molar-refractivity contribution in [2.24, 2.45) is 0 Å². The van der Waals surface area contributed by atoms with Gasteiger partial charge >= 0.3 is 0 Å². The summed E-state index contributed by atoms with van der Waals surface area (Å²) in [5.74, 6) is -0.0649. The summed E-state index contributed by atoms with van der Waals surface area (Å²) in [6.45, 7) is 1.89. The normalized spacial score (nSPS) is 13.4. The van der Waals surface area contributed by atoms with E-state index in [9.17, 15) is 20.2 Å². The Morgan fingerprint density at radius 2 is 1.94 bits per heavy atom. The van der Waals surface area contributed by atoms with Crippen molar-refractivity contribution in [1.82, 2.24) is 10.2 Å². The second-order valence-electron chi connectivity index (χ2n) is 7.45. The number of amides is 1. The van der Waals surface area contributed by atoms with E-state index in [2.05, 4.69) is 20.4 Å². The van der Waals surface area contributed by atoms with Crippen LogP contribution in [0.25, 0.3) is 6.08 Å². The third-order valence-corrected chi connectivity index (χ3v) is 6.05. The highest BCUT2D eigenvalue weighted by molar-refractivity contribution is 7.19. The molecule has 4 rings (SSSR count). The Kier molecular flexibility index (Phi) is 7.10. The van der Waals surface area contributed by atoms with Crippen LogP contribution in [0, 0.1) is 21.4 Å². The number of anilines is 2. The van der Waals surface area contributed by atoms with Gasteiger partial charge in [0.15, 0.2) is 0 Å². The number of nitro groups is 1. The zero-order chi connectivity index (χ0) is 23.9. The zero-order valence-electron chi connectivity index (χ0n) is 18.0. The van der Waals surface area contributed by atoms with Crippen LogP contribution < -0.4 is 15.0 Å². The lowest BCUT2D eigenvalue weighted by Crippen LogP contribution is -2.17. The maximum Gasteiger partial charge on any atom is 0.276 e. The molecule has 0 aliphatic carbocycles. The molecule has 2 aromatic carbocycles. The third-order valence-electron chi connectivity index (χ3n) is 5.15. The van der Waals surface area contributed by atoms with Crippen molar-refractivity contribution in [1.29, 1.82) is 5.26 Å². The molecule has 10 nitrogen and oxygen atoms in total. The lowest BCUT2D eigenvalue weighted by molar-refractivity contribution is -0.385. The van der Waals surface area contributed by atoms with Gasteiger partial charge in [-0.2, -0.15) is 5.26 Å². The lowest BCUT2D eigenvalue weighted by Gasteiger charge is -2.10. The summed E-state index contributed by atoms with van der Waals surface area (Å²) in [7, 11) is 0. The summed E-state index contributed by atoms with van der Waals surface area (Å²) < 4.78 is 5.65. The molecule has 0 atom stereocenters. The average Bonchev–Trinajstić information content (AvgIpc) is 3.54. The van der Waals surface area contributed by atoms with E-state index in [-0.39, 0.29) is 17.9 Å². The highest BCUT2D eigenvalue weighted by Gasteiger charge is 2.18. The SMILES string of the molecule is N#C/C(=C/c1ccc(OCc2ccccc2[N+](=O)[O-])cc1)C(=O)Nc1nnc(N2CCCC2)s1. The van der Waals surface area contributed by atoms with Gasteiger partial charge in [0.2, 0.25) is 10.3 Å². The van der Waals surface area contributed by atoms with E-state index >= 15 is 0 Å². The molecule has 3 aromatic rings. The Morgan fingerprint density at radius 1 is 1.21 bits per heavy atom. The van der Waals surface area contributed by atoms with Crippen LogP contribution in [0.15, 0.2) is 54.1 Å². The Labute approximate surface area is 199 Å². The van der Waals surface area contributed by atoms with Gasteiger partial charge in [-0.3, -0.25) is 20.2 Å². The Bertz CT molecular complexity index is 1260. The molecule has 1 aliphatic rings. The number of aromatic nitrogens is 2. The van der Waals surface area contributed by atoms with E-state index < -0.39 is 10.8 Å². The smallest absolute Gasteiger partial charge is 0.276 e. The van der Waals surface area contributed by atoms with Crippen LogP contribution in [0.2, 0.25) is 0 Å². The molecule has 0 spiro atoms. The van der Waals surface area contributed by atoms with Gasteiger partial charge in [-0.15, -0.1) is 10.2 Å². The standard InChI is InChI=1S/C23H20N6O4S/c24-14-18(21(30)25-22-26-27-23(34-22)28-11-3-4-12-28)13-16-7-9-19(10-8-16)33-15-17-5-1-2-6-20(17)29(31)32/h1-2,5-10,13H,3-4,11-12,15H2,(H,25,26,30)/b18-13-. The van der Waals surface area contributed by atoms with Crippen molar-refractivity contribution in [3.05, 3.63) is 75.3 Å². The summed E-state index contributed by atoms with van der Waals surface area (Å²) in [4.78, 5) is 25.3. The van der Waals surface area contributed by atoms with Crippen LogP contribution in [0.5, 0.6) is 5.75 Å². The zero-order valence-corrected chi connectivity index (χ0v) is 18.8. The van der Waals surface area contributed by atoms with Gasteiger partial charge in [0.05, 0.1) is 10.5 Å². The average molecular weight is 477 g/mol. The third kappa shape index (κ3) is 5.54. The van der Waals surface area contributed by atoms with Crippen LogP contribution in [-0.2, 0) is 11.4 Å². The van der Waals surface area contributed by atoms with Gasteiger partial charge in [-0.05, 0) is 42.7 Å². The van der Waals surface area contributed by atoms with Gasteiger partial charge < -0.3 is 9.64 Å². The summed E-state index contributed by atoms with van der Waals surface area (Å²) in [5, 5.41) is 32.4. The highest BCUT2D eigenvalue weighted by atomic mass is 32.1. The van der Waals surface area contributed by atoms with E-state index in [4.69, 9.17) is 4.74 Å². The number of carbonyl (C=O) groups excluding carboxylic acids is 1. The Hall–Kier alpha value is -4.30. The molecule has 1 saturated heterocycles. The van der Waals surface area contributed by atoms with E-state index in [1.807, 2.05) is 6.07 Å². The number of nitriles is 1. The van der Waals surface area contributed by atoms with E-state index in [0.29, 0.717) is 22.0 Å². The van der Waals surface area contributed by atoms with Crippen molar-refractivity contribution in [3.63, 3.8) is 0 Å². The minimum atomic E-state index is -0.566. The fraction of sp³-hybridized carbons (Fsp3) is 0.217. The highest BCUT2D eigenvalue weighted by Crippen LogP contribution is 2.27. The minimum absolute atomic E-state index is 0.00490. The summed E-state index contributed by atoms with van der Waals surface area (Å²) in [6, 6.07) is 15.0. The molecule has 11 heteroatoms. The summed E-state index contributed by atoms with van der Waals surface area (Å²) in [5.41, 5.74) is 1.01. The number of hydrogen-bond donors (Lipinski definition) is 1. The first-order chi connectivity index (χ1) is 16.5. The molecule has 0 saturated carbocycles. The molecular weight excluding hydrogens is 456 g/mol. The van der Waals surface area contributed by atoms with Gasteiger partial charge in [-0.25, -0.2) is 0 Å². The van der Waals surface area contributed by atoms with Gasteiger partial charge in [-0.1, -0.05) is 35.6 Å². The largest absolute Gasteiger partial charge is 0.489 e. The maximum atomic E-state index is 12.5. The molecule has 1 amide bonds. The first kappa shape index (κ1) is 22.9. The Balaban J connectivity index is 1.38. The fourth-order valence-corrected chi connectivity index (χ4v) is 4.21. The topological polar surface area (TPSA) is 134 Å². The van der Waals surface area contributed by atoms with Gasteiger partial charge in [0, 0.05) is 19.2 Å². The summed E-state index contributed by atoms with van der Waals surface area (Å²) in [6.07, 6.45) is 3.68. The summed E-state index contributed by atoms with van der Waals surface area (Å²) >= 11 is 1.28. The molecule has 172 valence electrons. The molecule has 0 bridgehead atoms. The van der Waals surface area contributed by atoms with Crippen molar-refractivity contribution >= 4 is 39.3 Å². The second kappa shape index (κ2) is 10.5. The van der Waals surface area contributed by atoms with Crippen molar-refractivity contribution in [2.45, 2.75) is 19.4 Å². The fourth-order valence-electron chi connectivity index (χ4n) is 3.41. The molecule has 1 fully saturated rings. The number of nitrogens with one attached hydrogen (secondary N) is 1. The van der Waals surface area contributed by atoms with Crippen LogP contribution in [0.1, 0.15) is 24.0 Å². The Morgan fingerprint density at radius 3 is 2.65 bits per heavy atom. The number of nitro benzene ring substituents is 1. The number of para-hydroxylation sites is 1. The number of hydrogen-bond acceptors (Lipinski definition) is 9. The maximum absolute atomic E-state index is 12.5. The second-order valence-corrected chi connectivity index (χ2v) is 8.41. The van der Waals surface area contributed by atoms with E-state index in [0.717, 1.165) is 31.1 Å². The first-order valence-corrected chi connectivity index (χ1v) is 11.3. The molecule has 2 heterocycles. The molecule has 0 unspecified atom stereocenters. The lowest BCUT2D eigenvalue weighted by atomic mass is 10.1. The minimum Gasteiger partial charge on any atom is -0.489 e. The van der Waals surface area contributed by atoms with Crippen molar-refractivity contribution in [3.8, 4) is 11.8 Å². The molecule has 1 aromatic heterocycles. The predicted molar refractivity (Wildman–Crippen MR) is 127 cm³/mol. The quantitative estimate of drug-likeness (QED) is 0.222.